The van der Waals surface area contributed by atoms with Crippen molar-refractivity contribution >= 4 is 12.1 Å². The zero-order chi connectivity index (χ0) is 22.1. The number of alkyl carbamates (subject to hydrolysis) is 1. The standard InChI is InChI=1S/C24H23NO6/c26-22(23(27)28)21(25-24(29)31-16-18-9-5-2-6-10-18)19-11-13-20(14-12-19)30-15-17-7-3-1-4-8-17/h1-14,21-22,26H,15-16H2,(H,25,29)(H,27,28). The summed E-state index contributed by atoms with van der Waals surface area (Å²) >= 11 is 0. The Hall–Kier alpha value is -3.84. The molecule has 0 saturated heterocycles. The van der Waals surface area contributed by atoms with Crippen LogP contribution in [0.2, 0.25) is 0 Å². The molecule has 3 aromatic carbocycles. The quantitative estimate of drug-likeness (QED) is 0.487. The minimum Gasteiger partial charge on any atom is -0.489 e. The molecule has 7 heteroatoms. The van der Waals surface area contributed by atoms with E-state index < -0.39 is 24.2 Å². The van der Waals surface area contributed by atoms with Gasteiger partial charge >= 0.3 is 12.1 Å². The molecule has 0 radical (unpaired) electrons. The number of rotatable bonds is 9. The van der Waals surface area contributed by atoms with Crippen molar-refractivity contribution in [2.45, 2.75) is 25.4 Å². The first kappa shape index (κ1) is 21.9. The maximum absolute atomic E-state index is 12.2. The Kier molecular flexibility index (Phi) is 7.61. The second-order valence-corrected chi connectivity index (χ2v) is 6.81. The van der Waals surface area contributed by atoms with Gasteiger partial charge < -0.3 is 25.0 Å². The predicted molar refractivity (Wildman–Crippen MR) is 113 cm³/mol. The van der Waals surface area contributed by atoms with Crippen LogP contribution < -0.4 is 10.1 Å². The lowest BCUT2D eigenvalue weighted by atomic mass is 10.0. The van der Waals surface area contributed by atoms with E-state index in [2.05, 4.69) is 5.32 Å². The maximum atomic E-state index is 12.2. The fraction of sp³-hybridized carbons (Fsp3) is 0.167. The van der Waals surface area contributed by atoms with Crippen LogP contribution in [0.4, 0.5) is 4.79 Å². The molecule has 0 aliphatic carbocycles. The molecule has 160 valence electrons. The van der Waals surface area contributed by atoms with Crippen molar-refractivity contribution < 1.29 is 29.3 Å². The zero-order valence-corrected chi connectivity index (χ0v) is 16.7. The summed E-state index contributed by atoms with van der Waals surface area (Å²) in [4.78, 5) is 23.5. The molecule has 0 heterocycles. The van der Waals surface area contributed by atoms with Crippen molar-refractivity contribution in [1.29, 1.82) is 0 Å². The van der Waals surface area contributed by atoms with Gasteiger partial charge in [-0.05, 0) is 28.8 Å². The molecule has 0 aromatic heterocycles. The van der Waals surface area contributed by atoms with Gasteiger partial charge in [0, 0.05) is 0 Å². The second-order valence-electron chi connectivity index (χ2n) is 6.81. The summed E-state index contributed by atoms with van der Waals surface area (Å²) in [6, 6.07) is 24.0. The number of carboxylic acid groups (broad SMARTS) is 1. The highest BCUT2D eigenvalue weighted by Crippen LogP contribution is 2.22. The summed E-state index contributed by atoms with van der Waals surface area (Å²) in [5, 5.41) is 21.8. The van der Waals surface area contributed by atoms with Crippen molar-refractivity contribution in [3.8, 4) is 5.75 Å². The van der Waals surface area contributed by atoms with Crippen molar-refractivity contribution in [1.82, 2.24) is 5.32 Å². The van der Waals surface area contributed by atoms with E-state index >= 15 is 0 Å². The van der Waals surface area contributed by atoms with E-state index in [1.54, 1.807) is 36.4 Å². The molecule has 2 unspecified atom stereocenters. The number of aliphatic carboxylic acids is 1. The summed E-state index contributed by atoms with van der Waals surface area (Å²) in [6.45, 7) is 0.403. The third-order valence-electron chi connectivity index (χ3n) is 4.54. The van der Waals surface area contributed by atoms with Crippen molar-refractivity contribution in [3.05, 3.63) is 102 Å². The zero-order valence-electron chi connectivity index (χ0n) is 16.7. The fourth-order valence-electron chi connectivity index (χ4n) is 2.89. The summed E-state index contributed by atoms with van der Waals surface area (Å²) in [5.41, 5.74) is 2.19. The van der Waals surface area contributed by atoms with Crippen LogP contribution >= 0.6 is 0 Å². The molecule has 2 atom stereocenters. The Bertz CT molecular complexity index is 976. The summed E-state index contributed by atoms with van der Waals surface area (Å²) in [5.74, 6) is -0.888. The summed E-state index contributed by atoms with van der Waals surface area (Å²) in [7, 11) is 0. The highest BCUT2D eigenvalue weighted by atomic mass is 16.5. The molecular weight excluding hydrogens is 398 g/mol. The fourth-order valence-corrected chi connectivity index (χ4v) is 2.89. The van der Waals surface area contributed by atoms with Gasteiger partial charge in [0.1, 0.15) is 19.0 Å². The minimum atomic E-state index is -1.85. The van der Waals surface area contributed by atoms with Crippen LogP contribution in [0.1, 0.15) is 22.7 Å². The van der Waals surface area contributed by atoms with Gasteiger partial charge in [-0.3, -0.25) is 0 Å². The van der Waals surface area contributed by atoms with E-state index in [0.717, 1.165) is 11.1 Å². The van der Waals surface area contributed by atoms with Crippen LogP contribution in [0.5, 0.6) is 5.75 Å². The van der Waals surface area contributed by atoms with Gasteiger partial charge in [0.2, 0.25) is 0 Å². The normalized spacial score (nSPS) is 12.4. The minimum absolute atomic E-state index is 0.0226. The first-order valence-corrected chi connectivity index (χ1v) is 9.67. The molecule has 3 N–H and O–H groups in total. The summed E-state index contributed by atoms with van der Waals surface area (Å²) in [6.07, 6.45) is -2.68. The molecule has 7 nitrogen and oxygen atoms in total. The Balaban J connectivity index is 1.63. The van der Waals surface area contributed by atoms with Gasteiger partial charge in [-0.1, -0.05) is 72.8 Å². The Morgan fingerprint density at radius 3 is 1.90 bits per heavy atom. The number of carbonyl (C=O) groups excluding carboxylic acids is 1. The molecule has 1 amide bonds. The van der Waals surface area contributed by atoms with E-state index in [1.165, 1.54) is 0 Å². The number of ether oxygens (including phenoxy) is 2. The molecule has 3 rings (SSSR count). The van der Waals surface area contributed by atoms with Gasteiger partial charge in [-0.2, -0.15) is 0 Å². The van der Waals surface area contributed by atoms with Gasteiger partial charge in [0.15, 0.2) is 6.10 Å². The number of aliphatic hydroxyl groups excluding tert-OH is 1. The average molecular weight is 421 g/mol. The van der Waals surface area contributed by atoms with Crippen LogP contribution in [0.15, 0.2) is 84.9 Å². The number of nitrogens with one attached hydrogen (secondary N) is 1. The van der Waals surface area contributed by atoms with Crippen molar-refractivity contribution in [2.75, 3.05) is 0 Å². The largest absolute Gasteiger partial charge is 0.489 e. The van der Waals surface area contributed by atoms with Gasteiger partial charge in [0.05, 0.1) is 6.04 Å². The van der Waals surface area contributed by atoms with Gasteiger partial charge in [-0.25, -0.2) is 9.59 Å². The third kappa shape index (κ3) is 6.58. The highest BCUT2D eigenvalue weighted by molar-refractivity contribution is 5.75. The molecule has 31 heavy (non-hydrogen) atoms. The maximum Gasteiger partial charge on any atom is 0.408 e. The van der Waals surface area contributed by atoms with E-state index in [-0.39, 0.29) is 6.61 Å². The molecule has 0 spiro atoms. The molecule has 0 aliphatic rings. The lowest BCUT2D eigenvalue weighted by Gasteiger charge is -2.22. The molecule has 3 aromatic rings. The van der Waals surface area contributed by atoms with Crippen LogP contribution in [0.3, 0.4) is 0 Å². The monoisotopic (exact) mass is 421 g/mol. The van der Waals surface area contributed by atoms with Crippen LogP contribution in [0.25, 0.3) is 0 Å². The van der Waals surface area contributed by atoms with E-state index in [9.17, 15) is 19.8 Å². The number of aliphatic hydroxyl groups is 1. The molecule has 0 saturated carbocycles. The molecule has 0 aliphatic heterocycles. The van der Waals surface area contributed by atoms with Crippen LogP contribution in [-0.4, -0.2) is 28.4 Å². The number of hydrogen-bond acceptors (Lipinski definition) is 5. The third-order valence-corrected chi connectivity index (χ3v) is 4.54. The lowest BCUT2D eigenvalue weighted by Crippen LogP contribution is -2.40. The summed E-state index contributed by atoms with van der Waals surface area (Å²) < 4.78 is 10.9. The lowest BCUT2D eigenvalue weighted by molar-refractivity contribution is -0.148. The first-order chi connectivity index (χ1) is 15.0. The Labute approximate surface area is 179 Å². The van der Waals surface area contributed by atoms with E-state index in [0.29, 0.717) is 17.9 Å². The second kappa shape index (κ2) is 10.8. The number of amides is 1. The topological polar surface area (TPSA) is 105 Å². The smallest absolute Gasteiger partial charge is 0.408 e. The highest BCUT2D eigenvalue weighted by Gasteiger charge is 2.29. The molecular formula is C24H23NO6. The first-order valence-electron chi connectivity index (χ1n) is 9.67. The van der Waals surface area contributed by atoms with E-state index in [1.807, 2.05) is 48.5 Å². The number of benzene rings is 3. The van der Waals surface area contributed by atoms with Gasteiger partial charge in [0.25, 0.3) is 0 Å². The van der Waals surface area contributed by atoms with Crippen LogP contribution in [0, 0.1) is 0 Å². The van der Waals surface area contributed by atoms with Crippen molar-refractivity contribution in [2.24, 2.45) is 0 Å². The number of carboxylic acids is 1. The molecule has 0 bridgehead atoms. The number of hydrogen-bond donors (Lipinski definition) is 3. The van der Waals surface area contributed by atoms with E-state index in [4.69, 9.17) is 9.47 Å². The van der Waals surface area contributed by atoms with Crippen LogP contribution in [-0.2, 0) is 22.7 Å². The average Bonchev–Trinajstić information content (AvgIpc) is 2.81. The molecule has 0 fully saturated rings. The number of carbonyl (C=O) groups is 2. The Morgan fingerprint density at radius 2 is 1.35 bits per heavy atom. The Morgan fingerprint density at radius 1 is 0.806 bits per heavy atom. The predicted octanol–water partition coefficient (Wildman–Crippen LogP) is 3.68. The van der Waals surface area contributed by atoms with Gasteiger partial charge in [-0.15, -0.1) is 0 Å². The SMILES string of the molecule is O=C(NC(c1ccc(OCc2ccccc2)cc1)C(O)C(=O)O)OCc1ccccc1. The van der Waals surface area contributed by atoms with Crippen molar-refractivity contribution in [3.63, 3.8) is 0 Å².